The molecule has 1 heterocycles. The Morgan fingerprint density at radius 1 is 1.39 bits per heavy atom. The molecule has 1 aliphatic carbocycles. The Bertz CT molecular complexity index is 351. The molecule has 0 radical (unpaired) electrons. The number of hydrogen-bond acceptors (Lipinski definition) is 2. The van der Waals surface area contributed by atoms with Crippen LogP contribution in [-0.2, 0) is 9.59 Å². The molecule has 2 aliphatic rings. The lowest BCUT2D eigenvalue weighted by Gasteiger charge is -2.43. The molecule has 2 rings (SSSR count). The van der Waals surface area contributed by atoms with Gasteiger partial charge in [0.05, 0.1) is 5.92 Å². The first-order valence-electron chi connectivity index (χ1n) is 6.91. The molecule has 4 heteroatoms. The second kappa shape index (κ2) is 4.90. The maximum Gasteiger partial charge on any atom is 0.308 e. The van der Waals surface area contributed by atoms with E-state index in [0.717, 1.165) is 19.3 Å². The van der Waals surface area contributed by atoms with E-state index in [2.05, 4.69) is 13.8 Å². The van der Waals surface area contributed by atoms with Crippen LogP contribution >= 0.6 is 0 Å². The summed E-state index contributed by atoms with van der Waals surface area (Å²) in [7, 11) is 0. The number of hydrogen-bond donors (Lipinski definition) is 1. The van der Waals surface area contributed by atoms with E-state index in [1.165, 1.54) is 6.42 Å². The fourth-order valence-electron chi connectivity index (χ4n) is 3.35. The minimum Gasteiger partial charge on any atom is -0.481 e. The largest absolute Gasteiger partial charge is 0.481 e. The summed E-state index contributed by atoms with van der Waals surface area (Å²) in [5, 5.41) is 9.11. The summed E-state index contributed by atoms with van der Waals surface area (Å²) in [6.45, 7) is 4.89. The highest BCUT2D eigenvalue weighted by atomic mass is 16.4. The lowest BCUT2D eigenvalue weighted by Crippen LogP contribution is -2.50. The van der Waals surface area contributed by atoms with Crippen molar-refractivity contribution in [3.8, 4) is 0 Å². The number of carboxylic acid groups (broad SMARTS) is 1. The van der Waals surface area contributed by atoms with Crippen molar-refractivity contribution in [3.63, 3.8) is 0 Å². The molecular formula is C14H23NO3. The Kier molecular flexibility index (Phi) is 3.64. The highest BCUT2D eigenvalue weighted by molar-refractivity contribution is 5.80. The molecule has 2 unspecified atom stereocenters. The van der Waals surface area contributed by atoms with E-state index in [9.17, 15) is 9.59 Å². The van der Waals surface area contributed by atoms with Gasteiger partial charge in [0.25, 0.3) is 0 Å². The molecule has 1 amide bonds. The number of carbonyl (C=O) groups excluding carboxylic acids is 1. The van der Waals surface area contributed by atoms with Crippen LogP contribution in [0.2, 0.25) is 0 Å². The Balaban J connectivity index is 2.05. The van der Waals surface area contributed by atoms with Crippen molar-refractivity contribution in [1.29, 1.82) is 0 Å². The van der Waals surface area contributed by atoms with Gasteiger partial charge in [-0.05, 0) is 31.1 Å². The summed E-state index contributed by atoms with van der Waals surface area (Å²) in [6.07, 6.45) is 5.27. The predicted octanol–water partition coefficient (Wildman–Crippen LogP) is 2.28. The van der Waals surface area contributed by atoms with Gasteiger partial charge in [0.2, 0.25) is 5.91 Å². The van der Waals surface area contributed by atoms with Crippen LogP contribution in [0.15, 0.2) is 0 Å². The molecule has 0 aromatic carbocycles. The van der Waals surface area contributed by atoms with Crippen molar-refractivity contribution in [3.05, 3.63) is 0 Å². The van der Waals surface area contributed by atoms with Gasteiger partial charge in [0.15, 0.2) is 0 Å². The Morgan fingerprint density at radius 2 is 2.11 bits per heavy atom. The first-order valence-corrected chi connectivity index (χ1v) is 6.91. The number of likely N-dealkylation sites (tertiary alicyclic amines) is 1. The fraction of sp³-hybridized carbons (Fsp3) is 0.857. The van der Waals surface area contributed by atoms with Crippen LogP contribution in [0.4, 0.5) is 0 Å². The van der Waals surface area contributed by atoms with Crippen LogP contribution in [0.5, 0.6) is 0 Å². The standard InChI is InChI=1S/C14H23NO3/c1-14(2)7-3-4-11(8-14)15-9-10(13(17)18)5-6-12(15)16/h10-11H,3-9H2,1-2H3,(H,17,18). The maximum atomic E-state index is 12.0. The van der Waals surface area contributed by atoms with Crippen LogP contribution in [0.1, 0.15) is 52.4 Å². The summed E-state index contributed by atoms with van der Waals surface area (Å²) in [6, 6.07) is 0.253. The first-order chi connectivity index (χ1) is 8.39. The average Bonchev–Trinajstić information content (AvgIpc) is 2.27. The van der Waals surface area contributed by atoms with Crippen LogP contribution in [0.3, 0.4) is 0 Å². The minimum atomic E-state index is -0.762. The predicted molar refractivity (Wildman–Crippen MR) is 68.1 cm³/mol. The van der Waals surface area contributed by atoms with Crippen molar-refractivity contribution < 1.29 is 14.7 Å². The molecule has 1 aliphatic heterocycles. The molecule has 1 saturated carbocycles. The molecule has 1 saturated heterocycles. The molecule has 0 spiro atoms. The van der Waals surface area contributed by atoms with Gasteiger partial charge in [-0.1, -0.05) is 20.3 Å². The maximum absolute atomic E-state index is 12.0. The molecule has 1 N–H and O–H groups in total. The summed E-state index contributed by atoms with van der Waals surface area (Å²) >= 11 is 0. The second-order valence-electron chi connectivity index (χ2n) is 6.53. The van der Waals surface area contributed by atoms with Gasteiger partial charge in [-0.2, -0.15) is 0 Å². The zero-order valence-corrected chi connectivity index (χ0v) is 11.3. The Labute approximate surface area is 108 Å². The smallest absolute Gasteiger partial charge is 0.308 e. The lowest BCUT2D eigenvalue weighted by molar-refractivity contribution is -0.149. The number of rotatable bonds is 2. The van der Waals surface area contributed by atoms with Crippen molar-refractivity contribution >= 4 is 11.9 Å². The van der Waals surface area contributed by atoms with Crippen molar-refractivity contribution in [2.24, 2.45) is 11.3 Å². The molecule has 4 nitrogen and oxygen atoms in total. The number of piperidine rings is 1. The van der Waals surface area contributed by atoms with E-state index >= 15 is 0 Å². The molecular weight excluding hydrogens is 230 g/mol. The van der Waals surface area contributed by atoms with Gasteiger partial charge >= 0.3 is 5.97 Å². The fourth-order valence-corrected chi connectivity index (χ4v) is 3.35. The van der Waals surface area contributed by atoms with Crippen molar-refractivity contribution in [1.82, 2.24) is 4.90 Å². The number of carbonyl (C=O) groups is 2. The van der Waals surface area contributed by atoms with Crippen LogP contribution < -0.4 is 0 Å². The topological polar surface area (TPSA) is 57.6 Å². The number of nitrogens with zero attached hydrogens (tertiary/aromatic N) is 1. The highest BCUT2D eigenvalue weighted by Crippen LogP contribution is 2.38. The van der Waals surface area contributed by atoms with Gasteiger partial charge < -0.3 is 10.0 Å². The zero-order chi connectivity index (χ0) is 13.3. The summed E-state index contributed by atoms with van der Waals surface area (Å²) in [5.74, 6) is -0.981. The van der Waals surface area contributed by atoms with Gasteiger partial charge in [-0.25, -0.2) is 0 Å². The molecule has 0 bridgehead atoms. The Morgan fingerprint density at radius 3 is 2.72 bits per heavy atom. The SMILES string of the molecule is CC1(C)CCCC(N2CC(C(=O)O)CCC2=O)C1. The number of aliphatic carboxylic acids is 1. The monoisotopic (exact) mass is 253 g/mol. The van der Waals surface area contributed by atoms with E-state index in [1.54, 1.807) is 0 Å². The summed E-state index contributed by atoms with van der Waals surface area (Å²) in [5.41, 5.74) is 0.277. The minimum absolute atomic E-state index is 0.148. The van der Waals surface area contributed by atoms with Gasteiger partial charge in [-0.15, -0.1) is 0 Å². The van der Waals surface area contributed by atoms with Crippen molar-refractivity contribution in [2.45, 2.75) is 58.4 Å². The quantitative estimate of drug-likeness (QED) is 0.821. The third-order valence-corrected chi connectivity index (χ3v) is 4.41. The molecule has 18 heavy (non-hydrogen) atoms. The van der Waals surface area contributed by atoms with E-state index in [0.29, 0.717) is 19.4 Å². The van der Waals surface area contributed by atoms with E-state index < -0.39 is 5.97 Å². The molecule has 102 valence electrons. The number of carboxylic acids is 1. The summed E-state index contributed by atoms with van der Waals surface area (Å²) < 4.78 is 0. The van der Waals surface area contributed by atoms with E-state index in [4.69, 9.17) is 5.11 Å². The van der Waals surface area contributed by atoms with Crippen LogP contribution in [0.25, 0.3) is 0 Å². The van der Waals surface area contributed by atoms with Gasteiger partial charge in [0, 0.05) is 19.0 Å². The average molecular weight is 253 g/mol. The first kappa shape index (κ1) is 13.4. The normalized spacial score (nSPS) is 32.3. The summed E-state index contributed by atoms with van der Waals surface area (Å²) in [4.78, 5) is 24.9. The third kappa shape index (κ3) is 2.85. The highest BCUT2D eigenvalue weighted by Gasteiger charge is 2.38. The lowest BCUT2D eigenvalue weighted by atomic mass is 9.74. The second-order valence-corrected chi connectivity index (χ2v) is 6.53. The van der Waals surface area contributed by atoms with Crippen molar-refractivity contribution in [2.75, 3.05) is 6.54 Å². The van der Waals surface area contributed by atoms with Gasteiger partial charge in [0.1, 0.15) is 0 Å². The van der Waals surface area contributed by atoms with Gasteiger partial charge in [-0.3, -0.25) is 9.59 Å². The van der Waals surface area contributed by atoms with Crippen LogP contribution in [-0.4, -0.2) is 34.5 Å². The van der Waals surface area contributed by atoms with E-state index in [-0.39, 0.29) is 23.3 Å². The number of amides is 1. The molecule has 2 atom stereocenters. The molecule has 0 aromatic rings. The molecule has 2 fully saturated rings. The van der Waals surface area contributed by atoms with Crippen LogP contribution in [0, 0.1) is 11.3 Å². The molecule has 0 aromatic heterocycles. The third-order valence-electron chi connectivity index (χ3n) is 4.41. The van der Waals surface area contributed by atoms with E-state index in [1.807, 2.05) is 4.90 Å². The zero-order valence-electron chi connectivity index (χ0n) is 11.3. The Hall–Kier alpha value is -1.06.